The molecule has 0 aliphatic carbocycles. The second-order valence-corrected chi connectivity index (χ2v) is 7.76. The molecule has 8 heteroatoms. The quantitative estimate of drug-likeness (QED) is 0.813. The minimum Gasteiger partial charge on any atom is -0.342 e. The molecule has 0 bridgehead atoms. The first kappa shape index (κ1) is 17.2. The van der Waals surface area contributed by atoms with E-state index in [1.54, 1.807) is 18.2 Å². The van der Waals surface area contributed by atoms with Crippen LogP contribution in [-0.4, -0.2) is 39.8 Å². The maximum atomic E-state index is 13.6. The SMILES string of the molecule is O=C(CSc1nnc(Nc2ccccc2F)s1)N1CCCCCC1. The molecule has 1 aromatic carbocycles. The van der Waals surface area contributed by atoms with Crippen LogP contribution >= 0.6 is 23.1 Å². The van der Waals surface area contributed by atoms with Crippen LogP contribution in [0.4, 0.5) is 15.2 Å². The third-order valence-corrected chi connectivity index (χ3v) is 5.76. The number of halogens is 1. The van der Waals surface area contributed by atoms with Crippen LogP contribution < -0.4 is 5.32 Å². The normalized spacial score (nSPS) is 15.1. The first-order chi connectivity index (χ1) is 11.7. The highest BCUT2D eigenvalue weighted by atomic mass is 32.2. The highest BCUT2D eigenvalue weighted by Crippen LogP contribution is 2.28. The molecule has 0 unspecified atom stereocenters. The Labute approximate surface area is 148 Å². The van der Waals surface area contributed by atoms with Crippen LogP contribution in [0, 0.1) is 5.82 Å². The monoisotopic (exact) mass is 366 g/mol. The summed E-state index contributed by atoms with van der Waals surface area (Å²) in [5.41, 5.74) is 0.367. The van der Waals surface area contributed by atoms with E-state index in [2.05, 4.69) is 15.5 Å². The number of aromatic nitrogens is 2. The number of nitrogens with zero attached hydrogens (tertiary/aromatic N) is 3. The molecule has 1 saturated heterocycles. The third-order valence-electron chi connectivity index (χ3n) is 3.80. The van der Waals surface area contributed by atoms with Gasteiger partial charge in [-0.3, -0.25) is 4.79 Å². The smallest absolute Gasteiger partial charge is 0.233 e. The molecule has 0 radical (unpaired) electrons. The van der Waals surface area contributed by atoms with E-state index >= 15 is 0 Å². The molecule has 2 aromatic rings. The molecule has 0 saturated carbocycles. The fourth-order valence-electron chi connectivity index (χ4n) is 2.53. The van der Waals surface area contributed by atoms with Gasteiger partial charge in [0.2, 0.25) is 11.0 Å². The number of carbonyl (C=O) groups excluding carboxylic acids is 1. The molecule has 128 valence electrons. The molecule has 5 nitrogen and oxygen atoms in total. The van der Waals surface area contributed by atoms with Crippen LogP contribution in [0.1, 0.15) is 25.7 Å². The van der Waals surface area contributed by atoms with E-state index in [1.807, 2.05) is 4.90 Å². The average Bonchev–Trinajstić information content (AvgIpc) is 2.85. The Bertz CT molecular complexity index is 686. The number of nitrogens with one attached hydrogen (secondary N) is 1. The van der Waals surface area contributed by atoms with Crippen molar-refractivity contribution in [2.75, 3.05) is 24.2 Å². The molecule has 2 heterocycles. The Morgan fingerprint density at radius 1 is 1.21 bits per heavy atom. The van der Waals surface area contributed by atoms with Gasteiger partial charge in [-0.2, -0.15) is 0 Å². The van der Waals surface area contributed by atoms with Crippen molar-refractivity contribution in [1.82, 2.24) is 15.1 Å². The fourth-order valence-corrected chi connectivity index (χ4v) is 4.20. The molecule has 3 rings (SSSR count). The lowest BCUT2D eigenvalue weighted by atomic mass is 10.2. The Hall–Kier alpha value is -1.67. The van der Waals surface area contributed by atoms with Gasteiger partial charge in [-0.1, -0.05) is 48.1 Å². The number of likely N-dealkylation sites (tertiary alicyclic amines) is 1. The van der Waals surface area contributed by atoms with Gasteiger partial charge in [0.25, 0.3) is 0 Å². The maximum Gasteiger partial charge on any atom is 0.233 e. The number of thioether (sulfide) groups is 1. The lowest BCUT2D eigenvalue weighted by molar-refractivity contribution is -0.128. The molecule has 1 aliphatic rings. The van der Waals surface area contributed by atoms with Gasteiger partial charge in [0.15, 0.2) is 4.34 Å². The fraction of sp³-hybridized carbons (Fsp3) is 0.438. The van der Waals surface area contributed by atoms with Crippen molar-refractivity contribution in [1.29, 1.82) is 0 Å². The predicted octanol–water partition coefficient (Wildman–Crippen LogP) is 3.92. The summed E-state index contributed by atoms with van der Waals surface area (Å²) in [7, 11) is 0. The number of hydrogen-bond donors (Lipinski definition) is 1. The minimum atomic E-state index is -0.335. The highest BCUT2D eigenvalue weighted by Gasteiger charge is 2.16. The van der Waals surface area contributed by atoms with E-state index in [9.17, 15) is 9.18 Å². The first-order valence-corrected chi connectivity index (χ1v) is 9.78. The molecule has 1 amide bonds. The molecular formula is C16H19FN4OS2. The lowest BCUT2D eigenvalue weighted by Crippen LogP contribution is -2.33. The summed E-state index contributed by atoms with van der Waals surface area (Å²) in [5.74, 6) is 0.188. The first-order valence-electron chi connectivity index (χ1n) is 7.98. The Morgan fingerprint density at radius 3 is 2.71 bits per heavy atom. The summed E-state index contributed by atoms with van der Waals surface area (Å²) < 4.78 is 14.3. The van der Waals surface area contributed by atoms with Crippen molar-refractivity contribution < 1.29 is 9.18 Å². The zero-order chi connectivity index (χ0) is 16.8. The number of benzene rings is 1. The topological polar surface area (TPSA) is 58.1 Å². The van der Waals surface area contributed by atoms with E-state index in [0.29, 0.717) is 20.9 Å². The van der Waals surface area contributed by atoms with Crippen molar-refractivity contribution in [2.45, 2.75) is 30.0 Å². The van der Waals surface area contributed by atoms with Crippen LogP contribution in [0.15, 0.2) is 28.6 Å². The summed E-state index contributed by atoms with van der Waals surface area (Å²) in [6.45, 7) is 1.71. The Balaban J connectivity index is 1.52. The molecule has 0 atom stereocenters. The molecule has 1 aliphatic heterocycles. The largest absolute Gasteiger partial charge is 0.342 e. The van der Waals surface area contributed by atoms with Crippen LogP contribution in [-0.2, 0) is 4.79 Å². The van der Waals surface area contributed by atoms with E-state index in [4.69, 9.17) is 0 Å². The number of hydrogen-bond acceptors (Lipinski definition) is 6. The Kier molecular flexibility index (Phi) is 6.03. The van der Waals surface area contributed by atoms with Gasteiger partial charge in [0.1, 0.15) is 5.82 Å². The zero-order valence-electron chi connectivity index (χ0n) is 13.2. The van der Waals surface area contributed by atoms with E-state index in [-0.39, 0.29) is 11.7 Å². The van der Waals surface area contributed by atoms with E-state index < -0.39 is 0 Å². The number of amides is 1. The van der Waals surface area contributed by atoms with Gasteiger partial charge in [0.05, 0.1) is 11.4 Å². The number of para-hydroxylation sites is 1. The summed E-state index contributed by atoms with van der Waals surface area (Å²) >= 11 is 2.71. The van der Waals surface area contributed by atoms with Crippen LogP contribution in [0.3, 0.4) is 0 Å². The molecule has 1 N–H and O–H groups in total. The summed E-state index contributed by atoms with van der Waals surface area (Å²) in [4.78, 5) is 14.2. The molecule has 1 fully saturated rings. The third kappa shape index (κ3) is 4.67. The van der Waals surface area contributed by atoms with Crippen molar-refractivity contribution in [3.05, 3.63) is 30.1 Å². The van der Waals surface area contributed by atoms with Crippen LogP contribution in [0.5, 0.6) is 0 Å². The van der Waals surface area contributed by atoms with Gasteiger partial charge in [0, 0.05) is 13.1 Å². The molecular weight excluding hydrogens is 347 g/mol. The summed E-state index contributed by atoms with van der Waals surface area (Å²) in [5, 5.41) is 11.5. The number of carbonyl (C=O) groups is 1. The molecule has 0 spiro atoms. The van der Waals surface area contributed by atoms with Crippen LogP contribution in [0.2, 0.25) is 0 Å². The maximum absolute atomic E-state index is 13.6. The second kappa shape index (κ2) is 8.43. The van der Waals surface area contributed by atoms with Gasteiger partial charge in [-0.25, -0.2) is 4.39 Å². The zero-order valence-corrected chi connectivity index (χ0v) is 14.8. The second-order valence-electron chi connectivity index (χ2n) is 5.56. The lowest BCUT2D eigenvalue weighted by Gasteiger charge is -2.19. The predicted molar refractivity (Wildman–Crippen MR) is 95.4 cm³/mol. The summed E-state index contributed by atoms with van der Waals surface area (Å²) in [6, 6.07) is 6.42. The van der Waals surface area contributed by atoms with Gasteiger partial charge < -0.3 is 10.2 Å². The minimum absolute atomic E-state index is 0.153. The van der Waals surface area contributed by atoms with Gasteiger partial charge >= 0.3 is 0 Å². The van der Waals surface area contributed by atoms with Crippen LogP contribution in [0.25, 0.3) is 0 Å². The molecule has 1 aromatic heterocycles. The van der Waals surface area contributed by atoms with Gasteiger partial charge in [-0.15, -0.1) is 10.2 Å². The van der Waals surface area contributed by atoms with Gasteiger partial charge in [-0.05, 0) is 25.0 Å². The highest BCUT2D eigenvalue weighted by molar-refractivity contribution is 8.01. The van der Waals surface area contributed by atoms with Crippen molar-refractivity contribution in [3.63, 3.8) is 0 Å². The van der Waals surface area contributed by atoms with Crippen molar-refractivity contribution in [3.8, 4) is 0 Å². The van der Waals surface area contributed by atoms with E-state index in [1.165, 1.54) is 42.0 Å². The van der Waals surface area contributed by atoms with Crippen molar-refractivity contribution in [2.24, 2.45) is 0 Å². The number of rotatable bonds is 5. The molecule has 24 heavy (non-hydrogen) atoms. The average molecular weight is 366 g/mol. The standard InChI is InChI=1S/C16H19FN4OS2/c17-12-7-3-4-8-13(12)18-15-19-20-16(24-15)23-11-14(22)21-9-5-1-2-6-10-21/h3-4,7-8H,1-2,5-6,9-11H2,(H,18,19). The summed E-state index contributed by atoms with van der Waals surface area (Å²) in [6.07, 6.45) is 4.59. The Morgan fingerprint density at radius 2 is 1.96 bits per heavy atom. The van der Waals surface area contributed by atoms with Crippen molar-refractivity contribution >= 4 is 39.8 Å². The van der Waals surface area contributed by atoms with E-state index in [0.717, 1.165) is 25.9 Å². The number of anilines is 2.